The van der Waals surface area contributed by atoms with E-state index in [4.69, 9.17) is 16.0 Å². The first-order valence-corrected chi connectivity index (χ1v) is 7.99. The Bertz CT molecular complexity index is 1130. The molecule has 132 valence electrons. The van der Waals surface area contributed by atoms with Gasteiger partial charge in [0.2, 0.25) is 0 Å². The fraction of sp³-hybridized carbons (Fsp3) is 0.200. The van der Waals surface area contributed by atoms with Crippen molar-refractivity contribution in [2.45, 2.75) is 13.1 Å². The van der Waals surface area contributed by atoms with Crippen LogP contribution in [0.25, 0.3) is 16.7 Å². The Kier molecular flexibility index (Phi) is 4.11. The first kappa shape index (κ1) is 17.8. The van der Waals surface area contributed by atoms with Crippen LogP contribution in [0.1, 0.15) is 11.5 Å². The molecule has 10 heteroatoms. The zero-order chi connectivity index (χ0) is 18.7. The number of aromatic nitrogens is 2. The molecule has 1 aromatic carbocycles. The average molecular weight is 438 g/mol. The van der Waals surface area contributed by atoms with Crippen LogP contribution < -0.4 is 11.2 Å². The molecule has 0 aliphatic heterocycles. The molecule has 0 bridgehead atoms. The second-order valence-corrected chi connectivity index (χ2v) is 6.49. The summed E-state index contributed by atoms with van der Waals surface area (Å²) in [6, 6.07) is 3.14. The molecule has 0 atom stereocenters. The molecule has 2 aromatic heterocycles. The summed E-state index contributed by atoms with van der Waals surface area (Å²) in [4.78, 5) is 24.7. The Morgan fingerprint density at radius 2 is 1.88 bits per heavy atom. The smallest absolute Gasteiger partial charge is 0.431 e. The zero-order valence-corrected chi connectivity index (χ0v) is 15.1. The van der Waals surface area contributed by atoms with Crippen LogP contribution in [0.2, 0.25) is 5.02 Å². The van der Waals surface area contributed by atoms with E-state index in [1.807, 2.05) is 0 Å². The Labute approximate surface area is 151 Å². The van der Waals surface area contributed by atoms with E-state index in [1.165, 1.54) is 12.1 Å². The van der Waals surface area contributed by atoms with Gasteiger partial charge in [-0.25, -0.2) is 9.36 Å². The van der Waals surface area contributed by atoms with Gasteiger partial charge in [0.25, 0.3) is 5.56 Å². The lowest BCUT2D eigenvalue weighted by atomic mass is 10.2. The minimum atomic E-state index is -4.83. The predicted molar refractivity (Wildman–Crippen MR) is 89.5 cm³/mol. The minimum absolute atomic E-state index is 0.00697. The van der Waals surface area contributed by atoms with Crippen LogP contribution in [0, 0.1) is 6.92 Å². The van der Waals surface area contributed by atoms with Gasteiger partial charge in [-0.3, -0.25) is 9.36 Å². The van der Waals surface area contributed by atoms with Crippen molar-refractivity contribution < 1.29 is 17.6 Å². The van der Waals surface area contributed by atoms with E-state index in [0.29, 0.717) is 35.8 Å². The zero-order valence-electron chi connectivity index (χ0n) is 12.7. The molecule has 2 heterocycles. The Morgan fingerprint density at radius 3 is 2.48 bits per heavy atom. The molecule has 3 aromatic rings. The van der Waals surface area contributed by atoms with Crippen molar-refractivity contribution >= 4 is 38.5 Å². The van der Waals surface area contributed by atoms with Crippen LogP contribution in [0.5, 0.6) is 0 Å². The maximum atomic E-state index is 13.0. The molecule has 0 N–H and O–H groups in total. The van der Waals surface area contributed by atoms with Crippen LogP contribution in [-0.4, -0.2) is 9.13 Å². The number of benzene rings is 1. The number of furan rings is 1. The third kappa shape index (κ3) is 2.71. The minimum Gasteiger partial charge on any atom is -0.458 e. The van der Waals surface area contributed by atoms with Crippen LogP contribution in [0.3, 0.4) is 0 Å². The van der Waals surface area contributed by atoms with Gasteiger partial charge in [0.05, 0.1) is 20.6 Å². The normalized spacial score (nSPS) is 12.1. The monoisotopic (exact) mass is 436 g/mol. The molecule has 0 saturated heterocycles. The van der Waals surface area contributed by atoms with Gasteiger partial charge in [0.1, 0.15) is 11.5 Å². The Morgan fingerprint density at radius 1 is 1.24 bits per heavy atom. The highest BCUT2D eigenvalue weighted by Crippen LogP contribution is 2.38. The van der Waals surface area contributed by atoms with Crippen molar-refractivity contribution in [3.8, 4) is 5.69 Å². The van der Waals surface area contributed by atoms with Crippen LogP contribution >= 0.6 is 27.5 Å². The van der Waals surface area contributed by atoms with E-state index < -0.39 is 23.1 Å². The molecule has 5 nitrogen and oxygen atoms in total. The van der Waals surface area contributed by atoms with E-state index in [1.54, 1.807) is 6.92 Å². The average Bonchev–Trinajstić information content (AvgIpc) is 2.80. The molecular weight excluding hydrogens is 429 g/mol. The number of fused-ring (bicyclic) bond motifs is 1. The van der Waals surface area contributed by atoms with Crippen LogP contribution in [0.4, 0.5) is 13.2 Å². The number of halogens is 5. The van der Waals surface area contributed by atoms with Crippen LogP contribution in [-0.2, 0) is 13.2 Å². The topological polar surface area (TPSA) is 57.1 Å². The van der Waals surface area contributed by atoms with Crippen LogP contribution in [0.15, 0.2) is 36.7 Å². The van der Waals surface area contributed by atoms with Gasteiger partial charge in [-0.1, -0.05) is 11.6 Å². The van der Waals surface area contributed by atoms with Crippen molar-refractivity contribution in [2.24, 2.45) is 7.05 Å². The van der Waals surface area contributed by atoms with Crippen molar-refractivity contribution in [3.05, 3.63) is 60.0 Å². The largest absolute Gasteiger partial charge is 0.458 e. The summed E-state index contributed by atoms with van der Waals surface area (Å²) < 4.78 is 45.9. The quantitative estimate of drug-likeness (QED) is 0.578. The highest BCUT2D eigenvalue weighted by Gasteiger charge is 2.35. The van der Waals surface area contributed by atoms with E-state index in [0.717, 1.165) is 7.05 Å². The van der Waals surface area contributed by atoms with E-state index >= 15 is 0 Å². The van der Waals surface area contributed by atoms with E-state index in [2.05, 4.69) is 15.9 Å². The van der Waals surface area contributed by atoms with Gasteiger partial charge in [0.15, 0.2) is 5.58 Å². The lowest BCUT2D eigenvalue weighted by Crippen LogP contribution is -2.40. The highest BCUT2D eigenvalue weighted by molar-refractivity contribution is 9.10. The summed E-state index contributed by atoms with van der Waals surface area (Å²) in [6.07, 6.45) is -4.83. The molecule has 3 rings (SSSR count). The third-order valence-electron chi connectivity index (χ3n) is 3.72. The highest BCUT2D eigenvalue weighted by atomic mass is 79.9. The number of hydrogen-bond acceptors (Lipinski definition) is 3. The SMILES string of the molecule is Cc1oc2c(-n3c(=O)cc(C(F)(F)F)n(C)c3=O)ccc(Cl)c2c1Br. The first-order valence-electron chi connectivity index (χ1n) is 6.81. The van der Waals surface area contributed by atoms with Gasteiger partial charge in [0, 0.05) is 13.1 Å². The first-order chi connectivity index (χ1) is 11.5. The summed E-state index contributed by atoms with van der Waals surface area (Å²) in [6.45, 7) is 1.64. The van der Waals surface area contributed by atoms with Crippen molar-refractivity contribution in [1.29, 1.82) is 0 Å². The number of rotatable bonds is 1. The fourth-order valence-corrected chi connectivity index (χ4v) is 3.36. The van der Waals surface area contributed by atoms with E-state index in [9.17, 15) is 22.8 Å². The summed E-state index contributed by atoms with van der Waals surface area (Å²) in [5.41, 5.74) is -3.47. The van der Waals surface area contributed by atoms with Crippen molar-refractivity contribution in [1.82, 2.24) is 9.13 Å². The summed E-state index contributed by atoms with van der Waals surface area (Å²) in [5, 5.41) is 0.727. The molecule has 0 aliphatic rings. The standard InChI is InChI=1S/C15H9BrClF3N2O3/c1-6-12(16)11-7(17)3-4-8(13(11)25-6)22-10(23)5-9(15(18,19)20)21(2)14(22)24/h3-5H,1-2H3. The van der Waals surface area contributed by atoms with Gasteiger partial charge in [-0.15, -0.1) is 0 Å². The molecule has 0 fully saturated rings. The third-order valence-corrected chi connectivity index (χ3v) is 4.99. The van der Waals surface area contributed by atoms with Crippen molar-refractivity contribution in [2.75, 3.05) is 0 Å². The van der Waals surface area contributed by atoms with Gasteiger partial charge in [-0.2, -0.15) is 13.2 Å². The van der Waals surface area contributed by atoms with Gasteiger partial charge >= 0.3 is 11.9 Å². The molecule has 25 heavy (non-hydrogen) atoms. The lowest BCUT2D eigenvalue weighted by molar-refractivity contribution is -0.144. The van der Waals surface area contributed by atoms with E-state index in [-0.39, 0.29) is 11.3 Å². The number of nitrogens with zero attached hydrogens (tertiary/aromatic N) is 2. The molecule has 0 radical (unpaired) electrons. The molecule has 0 saturated carbocycles. The second-order valence-electron chi connectivity index (χ2n) is 5.29. The second kappa shape index (κ2) is 5.77. The molecule has 0 aliphatic carbocycles. The molecule has 0 unspecified atom stereocenters. The molecular formula is C15H9BrClF3N2O3. The maximum Gasteiger partial charge on any atom is 0.431 e. The number of aryl methyl sites for hydroxylation is 1. The number of hydrogen-bond donors (Lipinski definition) is 0. The summed E-state index contributed by atoms with van der Waals surface area (Å²) in [5.74, 6) is 0.445. The van der Waals surface area contributed by atoms with Gasteiger partial charge in [-0.05, 0) is 35.0 Å². The predicted octanol–water partition coefficient (Wildman–Crippen LogP) is 4.03. The molecule has 0 spiro atoms. The van der Waals surface area contributed by atoms with Crippen molar-refractivity contribution in [3.63, 3.8) is 0 Å². The Balaban J connectivity index is 2.44. The maximum absolute atomic E-state index is 13.0. The fourth-order valence-electron chi connectivity index (χ4n) is 2.52. The summed E-state index contributed by atoms with van der Waals surface area (Å²) >= 11 is 9.42. The lowest BCUT2D eigenvalue weighted by Gasteiger charge is -2.14. The Hall–Kier alpha value is -2.00. The molecule has 0 amide bonds. The van der Waals surface area contributed by atoms with Gasteiger partial charge < -0.3 is 4.42 Å². The number of alkyl halides is 3. The summed E-state index contributed by atoms with van der Waals surface area (Å²) in [7, 11) is 0.942.